The van der Waals surface area contributed by atoms with Crippen LogP contribution >= 0.6 is 37.2 Å². The normalized spacial score (nSPS) is 11.8. The van der Waals surface area contributed by atoms with Crippen LogP contribution in [-0.4, -0.2) is 74.6 Å². The molecule has 0 saturated heterocycles. The average molecular weight is 1220 g/mol. The molecule has 5 aromatic rings. The van der Waals surface area contributed by atoms with Gasteiger partial charge in [-0.05, 0) is 133 Å². The van der Waals surface area contributed by atoms with E-state index < -0.39 is 0 Å². The van der Waals surface area contributed by atoms with Gasteiger partial charge < -0.3 is 25.2 Å². The van der Waals surface area contributed by atoms with Crippen molar-refractivity contribution in [3.8, 4) is 11.5 Å². The van der Waals surface area contributed by atoms with E-state index in [4.69, 9.17) is 9.84 Å². The van der Waals surface area contributed by atoms with E-state index >= 15 is 0 Å². The van der Waals surface area contributed by atoms with Crippen molar-refractivity contribution in [2.75, 3.05) is 20.2 Å². The molecule has 64 heavy (non-hydrogen) atoms. The molecule has 0 fully saturated rings. The Bertz CT molecular complexity index is 1880. The Labute approximate surface area is 418 Å². The summed E-state index contributed by atoms with van der Waals surface area (Å²) in [6.07, 6.45) is 1.90. The van der Waals surface area contributed by atoms with Crippen molar-refractivity contribution in [1.82, 2.24) is 9.80 Å². The van der Waals surface area contributed by atoms with Crippen LogP contribution in [0.2, 0.25) is 0 Å². The van der Waals surface area contributed by atoms with Gasteiger partial charge in [0.25, 0.3) is 0 Å². The fourth-order valence-corrected chi connectivity index (χ4v) is 7.97. The zero-order chi connectivity index (χ0) is 46.0. The monoisotopic (exact) mass is 1220 g/mol. The number of aliphatic hydroxyl groups excluding tert-OH is 3. The van der Waals surface area contributed by atoms with E-state index in [1.54, 1.807) is 12.1 Å². The summed E-state index contributed by atoms with van der Waals surface area (Å²) in [5, 5.41) is 36.8. The zero-order valence-electron chi connectivity index (χ0n) is 38.3. The Morgan fingerprint density at radius 2 is 0.875 bits per heavy atom. The molecule has 0 unspecified atom stereocenters. The number of benzene rings is 5. The minimum absolute atomic E-state index is 0. The molecule has 5 aromatic carbocycles. The summed E-state index contributed by atoms with van der Waals surface area (Å²) in [6, 6.07) is 44.7. The van der Waals surface area contributed by atoms with Crippen LogP contribution < -0.4 is 18.0 Å². The van der Waals surface area contributed by atoms with Crippen LogP contribution in [0, 0.1) is 0 Å². The molecule has 2 atom stereocenters. The van der Waals surface area contributed by atoms with E-state index in [9.17, 15) is 15.3 Å². The SMILES string of the molecule is C.C.CC(C)N(CC[C@H](c1ccccc1)c1cc(CO)ccc1O)C(C)C.CC(C)N(CC[C@H](c1ccccc1)c1cc(CO)ccc1OCc1ccccc1)C(C)C.CO.I[I-]I. The number of hydrogen-bond acceptors (Lipinski definition) is 7. The van der Waals surface area contributed by atoms with Crippen molar-refractivity contribution >= 4 is 37.2 Å². The number of aliphatic hydroxyl groups is 3. The number of nitrogens with zero attached hydrogens (tertiary/aromatic N) is 2. The van der Waals surface area contributed by atoms with E-state index in [1.807, 2.05) is 54.6 Å². The van der Waals surface area contributed by atoms with E-state index in [2.05, 4.69) is 163 Å². The van der Waals surface area contributed by atoms with Gasteiger partial charge in [-0.3, -0.25) is 9.80 Å². The molecule has 358 valence electrons. The third kappa shape index (κ3) is 21.1. The van der Waals surface area contributed by atoms with Crippen molar-refractivity contribution in [2.24, 2.45) is 0 Å². The second-order valence-electron chi connectivity index (χ2n) is 16.3. The number of hydrogen-bond donors (Lipinski definition) is 4. The van der Waals surface area contributed by atoms with E-state index in [1.165, 1.54) is 11.1 Å². The number of phenolic OH excluding ortho intramolecular Hbond substituents is 1. The number of phenols is 1. The van der Waals surface area contributed by atoms with Crippen molar-refractivity contribution in [1.29, 1.82) is 0 Å². The van der Waals surface area contributed by atoms with Gasteiger partial charge in [0.15, 0.2) is 0 Å². The Hall–Kier alpha value is -2.31. The second kappa shape index (κ2) is 34.9. The molecule has 0 radical (unpaired) electrons. The van der Waals surface area contributed by atoms with Gasteiger partial charge in [0.2, 0.25) is 0 Å². The molecule has 0 aromatic heterocycles. The Morgan fingerprint density at radius 3 is 1.27 bits per heavy atom. The number of ether oxygens (including phenoxy) is 1. The number of rotatable bonds is 19. The van der Waals surface area contributed by atoms with Gasteiger partial charge in [-0.1, -0.05) is 118 Å². The molecule has 0 aliphatic heterocycles. The third-order valence-electron chi connectivity index (χ3n) is 10.9. The van der Waals surface area contributed by atoms with Crippen LogP contribution in [0.1, 0.15) is 134 Å². The molecule has 10 heteroatoms. The summed E-state index contributed by atoms with van der Waals surface area (Å²) in [5.74, 6) is 1.48. The van der Waals surface area contributed by atoms with Gasteiger partial charge in [-0.2, -0.15) is 0 Å². The first kappa shape index (κ1) is 61.7. The van der Waals surface area contributed by atoms with E-state index in [0.29, 0.717) is 49.8 Å². The van der Waals surface area contributed by atoms with Crippen molar-refractivity contribution in [2.45, 2.75) is 139 Å². The van der Waals surface area contributed by atoms with Gasteiger partial charge in [-0.25, -0.2) is 0 Å². The fourth-order valence-electron chi connectivity index (χ4n) is 7.97. The van der Waals surface area contributed by atoms with Crippen LogP contribution in [0.5, 0.6) is 11.5 Å². The molecule has 0 amide bonds. The van der Waals surface area contributed by atoms with E-state index in [0.717, 1.165) is 66.6 Å². The summed E-state index contributed by atoms with van der Waals surface area (Å²) >= 11 is 5.30. The molecule has 5 rings (SSSR count). The molecular weight excluding hydrogens is 1140 g/mol. The molecule has 0 aliphatic carbocycles. The van der Waals surface area contributed by atoms with Gasteiger partial charge in [0, 0.05) is 54.2 Å². The standard InChI is InChI=1S/C29H37NO2.C22H31NO2.CH4O.2CH4.I3/c1-22(2)30(23(3)4)18-17-27(26-13-9-6-10-14-26)28-19-25(20-31)15-16-29(28)32-21-24-11-7-5-8-12-24;1-16(2)23(17(3)4)13-12-20(19-8-6-5-7-9-19)21-14-18(15-24)10-11-22(21)25;1-2;;;1-3-2/h5-16,19,22-23,27,31H,17-18,20-21H2,1-4H3;5-11,14,16-17,20,24-25H,12-13,15H2,1-4H3;2H,1H3;2*1H4;/q;;;;;-1/t27-;20-;;;;/m11..../s1. The Kier molecular flexibility index (Phi) is 33.7. The molecule has 0 aliphatic rings. The predicted molar refractivity (Wildman–Crippen MR) is 287 cm³/mol. The number of halogens is 3. The van der Waals surface area contributed by atoms with Gasteiger partial charge in [-0.15, -0.1) is 0 Å². The third-order valence-corrected chi connectivity index (χ3v) is 10.9. The molecule has 4 N–H and O–H groups in total. The summed E-state index contributed by atoms with van der Waals surface area (Å²) in [7, 11) is 1.00. The van der Waals surface area contributed by atoms with Crippen LogP contribution in [0.4, 0.5) is 0 Å². The first-order valence-corrected chi connectivity index (χ1v) is 34.2. The fraction of sp³-hybridized carbons (Fsp3) is 0.444. The van der Waals surface area contributed by atoms with E-state index in [-0.39, 0.29) is 39.9 Å². The van der Waals surface area contributed by atoms with Gasteiger partial charge >= 0.3 is 50.5 Å². The van der Waals surface area contributed by atoms with Crippen molar-refractivity contribution in [3.63, 3.8) is 0 Å². The van der Waals surface area contributed by atoms with Crippen molar-refractivity contribution in [3.05, 3.63) is 166 Å². The van der Waals surface area contributed by atoms with Gasteiger partial charge in [0.05, 0.1) is 13.2 Å². The Morgan fingerprint density at radius 1 is 0.516 bits per heavy atom. The summed E-state index contributed by atoms with van der Waals surface area (Å²) < 4.78 is 6.33. The van der Waals surface area contributed by atoms with Crippen LogP contribution in [-0.2, 0) is 19.8 Å². The molecule has 0 heterocycles. The van der Waals surface area contributed by atoms with Crippen LogP contribution in [0.3, 0.4) is 0 Å². The molecule has 0 spiro atoms. The van der Waals surface area contributed by atoms with Gasteiger partial charge in [0.1, 0.15) is 18.1 Å². The first-order valence-electron chi connectivity index (χ1n) is 21.6. The summed E-state index contributed by atoms with van der Waals surface area (Å²) in [6.45, 7) is 20.4. The van der Waals surface area contributed by atoms with Crippen LogP contribution in [0.15, 0.2) is 127 Å². The maximum atomic E-state index is 10.5. The minimum atomic E-state index is -0.0150. The van der Waals surface area contributed by atoms with Crippen molar-refractivity contribution < 1.29 is 38.4 Å². The molecular formula is C54H80I3N2O5-. The topological polar surface area (TPSA) is 96.6 Å². The van der Waals surface area contributed by atoms with Crippen LogP contribution in [0.25, 0.3) is 0 Å². The summed E-state index contributed by atoms with van der Waals surface area (Å²) in [4.78, 5) is 5.01. The predicted octanol–water partition coefficient (Wildman–Crippen LogP) is 10.6. The molecule has 7 nitrogen and oxygen atoms in total. The maximum absolute atomic E-state index is 10.5. The number of aromatic hydroxyl groups is 1. The Balaban J connectivity index is 0.00000112. The molecule has 0 saturated carbocycles. The zero-order valence-corrected chi connectivity index (χ0v) is 44.7. The average Bonchev–Trinajstić information content (AvgIpc) is 3.28. The molecule has 0 bridgehead atoms. The summed E-state index contributed by atoms with van der Waals surface area (Å²) in [5.41, 5.74) is 7.40. The second-order valence-corrected chi connectivity index (χ2v) is 32.5. The quantitative estimate of drug-likeness (QED) is 0.0612. The first-order chi connectivity index (χ1) is 29.8.